The fraction of sp³-hybridized carbons (Fsp3) is 0.280. The molecular formula is C25H23N5O. The van der Waals surface area contributed by atoms with Gasteiger partial charge in [-0.3, -0.25) is 9.36 Å². The van der Waals surface area contributed by atoms with Gasteiger partial charge in [0.2, 0.25) is 0 Å². The number of para-hydroxylation sites is 2. The summed E-state index contributed by atoms with van der Waals surface area (Å²) in [5, 5.41) is 0.574. The molecule has 1 atom stereocenters. The molecule has 154 valence electrons. The van der Waals surface area contributed by atoms with Crippen molar-refractivity contribution in [3.8, 4) is 0 Å². The molecule has 6 nitrogen and oxygen atoms in total. The van der Waals surface area contributed by atoms with Crippen molar-refractivity contribution in [2.24, 2.45) is 0 Å². The minimum atomic E-state index is -0.0362. The van der Waals surface area contributed by atoms with Crippen LogP contribution in [0.1, 0.15) is 50.3 Å². The second-order valence-corrected chi connectivity index (χ2v) is 8.44. The maximum Gasteiger partial charge on any atom is 0.265 e. The Morgan fingerprint density at radius 3 is 2.32 bits per heavy atom. The Morgan fingerprint density at radius 1 is 0.903 bits per heavy atom. The van der Waals surface area contributed by atoms with E-state index in [1.165, 1.54) is 0 Å². The fourth-order valence-electron chi connectivity index (χ4n) is 4.97. The lowest BCUT2D eigenvalue weighted by Crippen LogP contribution is -2.24. The van der Waals surface area contributed by atoms with Gasteiger partial charge in [-0.15, -0.1) is 0 Å². The third-order valence-electron chi connectivity index (χ3n) is 6.61. The molecule has 3 aromatic heterocycles. The largest absolute Gasteiger partial charge is 0.301 e. The van der Waals surface area contributed by atoms with Crippen LogP contribution in [0.4, 0.5) is 0 Å². The molecule has 0 amide bonds. The van der Waals surface area contributed by atoms with Gasteiger partial charge >= 0.3 is 0 Å². The lowest BCUT2D eigenvalue weighted by molar-refractivity contribution is 0.498. The Bertz CT molecular complexity index is 1480. The number of fused-ring (bicyclic) bond motifs is 4. The fourth-order valence-corrected chi connectivity index (χ4v) is 4.97. The van der Waals surface area contributed by atoms with Crippen molar-refractivity contribution in [1.29, 1.82) is 0 Å². The van der Waals surface area contributed by atoms with E-state index in [4.69, 9.17) is 15.0 Å². The monoisotopic (exact) mass is 409 g/mol. The predicted octanol–water partition coefficient (Wildman–Crippen LogP) is 5.02. The number of nitrogens with zero attached hydrogens (tertiary/aromatic N) is 5. The van der Waals surface area contributed by atoms with Gasteiger partial charge in [0.1, 0.15) is 17.2 Å². The average Bonchev–Trinajstić information content (AvgIpc) is 3.44. The summed E-state index contributed by atoms with van der Waals surface area (Å²) < 4.78 is 3.89. The van der Waals surface area contributed by atoms with Crippen LogP contribution in [0.2, 0.25) is 0 Å². The van der Waals surface area contributed by atoms with Gasteiger partial charge in [-0.2, -0.15) is 0 Å². The lowest BCUT2D eigenvalue weighted by atomic mass is 10.1. The van der Waals surface area contributed by atoms with Gasteiger partial charge in [0.25, 0.3) is 5.56 Å². The predicted molar refractivity (Wildman–Crippen MR) is 122 cm³/mol. The lowest BCUT2D eigenvalue weighted by Gasteiger charge is -2.17. The van der Waals surface area contributed by atoms with E-state index in [-0.39, 0.29) is 17.6 Å². The number of hydrogen-bond acceptors (Lipinski definition) is 4. The summed E-state index contributed by atoms with van der Waals surface area (Å²) in [6, 6.07) is 18.3. The SMILES string of the molecule is CC(c1ccccc1)n1c2nc3ccccc3nc2c2c(=O)n(C3CCCC3)cnc21. The molecular weight excluding hydrogens is 386 g/mol. The molecule has 0 bridgehead atoms. The maximum atomic E-state index is 13.7. The van der Waals surface area contributed by atoms with Crippen LogP contribution >= 0.6 is 0 Å². The van der Waals surface area contributed by atoms with Crippen LogP contribution in [0.15, 0.2) is 65.7 Å². The molecule has 31 heavy (non-hydrogen) atoms. The normalized spacial score (nSPS) is 15.9. The zero-order chi connectivity index (χ0) is 20.9. The highest BCUT2D eigenvalue weighted by atomic mass is 16.1. The topological polar surface area (TPSA) is 65.6 Å². The van der Waals surface area contributed by atoms with Crippen LogP contribution in [0.3, 0.4) is 0 Å². The molecule has 0 radical (unpaired) electrons. The Balaban J connectivity index is 1.72. The standard InChI is InChI=1S/C25H23N5O/c1-16(17-9-3-2-4-10-17)30-23-21(25(31)29(15-26-23)18-11-5-6-12-18)22-24(30)28-20-14-8-7-13-19(20)27-22/h2-4,7-10,13-16,18H,5-6,11-12H2,1H3. The minimum absolute atomic E-state index is 0.00880. The molecule has 1 saturated carbocycles. The van der Waals surface area contributed by atoms with Crippen LogP contribution < -0.4 is 5.56 Å². The Kier molecular flexibility index (Phi) is 4.13. The summed E-state index contributed by atoms with van der Waals surface area (Å²) in [6.07, 6.45) is 6.10. The van der Waals surface area contributed by atoms with Gasteiger partial charge in [0.15, 0.2) is 11.3 Å². The quantitative estimate of drug-likeness (QED) is 0.420. The molecule has 0 saturated heterocycles. The van der Waals surface area contributed by atoms with Crippen LogP contribution in [0.25, 0.3) is 33.2 Å². The summed E-state index contributed by atoms with van der Waals surface area (Å²) >= 11 is 0. The van der Waals surface area contributed by atoms with E-state index in [1.807, 2.05) is 47.0 Å². The molecule has 5 aromatic rings. The van der Waals surface area contributed by atoms with E-state index in [9.17, 15) is 4.79 Å². The van der Waals surface area contributed by atoms with Gasteiger partial charge in [-0.05, 0) is 37.5 Å². The third-order valence-corrected chi connectivity index (χ3v) is 6.61. The molecule has 6 rings (SSSR count). The van der Waals surface area contributed by atoms with Crippen molar-refractivity contribution >= 4 is 33.2 Å². The minimum Gasteiger partial charge on any atom is -0.301 e. The van der Waals surface area contributed by atoms with Crippen LogP contribution in [0.5, 0.6) is 0 Å². The summed E-state index contributed by atoms with van der Waals surface area (Å²) in [5.74, 6) is 0. The molecule has 6 heteroatoms. The Hall–Kier alpha value is -3.54. The van der Waals surface area contributed by atoms with Gasteiger partial charge < -0.3 is 4.57 Å². The molecule has 3 heterocycles. The molecule has 1 aliphatic rings. The highest BCUT2D eigenvalue weighted by Crippen LogP contribution is 2.32. The van der Waals surface area contributed by atoms with E-state index in [1.54, 1.807) is 6.33 Å². The maximum absolute atomic E-state index is 13.7. The number of benzene rings is 2. The summed E-state index contributed by atoms with van der Waals surface area (Å²) in [6.45, 7) is 2.12. The third kappa shape index (κ3) is 2.78. The van der Waals surface area contributed by atoms with E-state index in [2.05, 4.69) is 23.6 Å². The van der Waals surface area contributed by atoms with Crippen molar-refractivity contribution in [2.45, 2.75) is 44.7 Å². The van der Waals surface area contributed by atoms with Gasteiger partial charge in [-0.1, -0.05) is 55.3 Å². The number of rotatable bonds is 3. The summed E-state index contributed by atoms with van der Waals surface area (Å²) in [4.78, 5) is 28.3. The smallest absolute Gasteiger partial charge is 0.265 e. The van der Waals surface area contributed by atoms with Crippen molar-refractivity contribution in [1.82, 2.24) is 24.1 Å². The van der Waals surface area contributed by atoms with Crippen molar-refractivity contribution < 1.29 is 0 Å². The van der Waals surface area contributed by atoms with Crippen LogP contribution in [-0.4, -0.2) is 24.1 Å². The average molecular weight is 409 g/mol. The van der Waals surface area contributed by atoms with Crippen molar-refractivity contribution in [3.63, 3.8) is 0 Å². The van der Waals surface area contributed by atoms with Gasteiger partial charge in [-0.25, -0.2) is 15.0 Å². The Morgan fingerprint density at radius 2 is 1.58 bits per heavy atom. The molecule has 0 aliphatic heterocycles. The molecule has 0 spiro atoms. The summed E-state index contributed by atoms with van der Waals surface area (Å²) in [5.41, 5.74) is 4.73. The van der Waals surface area contributed by atoms with E-state index >= 15 is 0 Å². The highest BCUT2D eigenvalue weighted by Gasteiger charge is 2.25. The van der Waals surface area contributed by atoms with E-state index in [0.29, 0.717) is 22.2 Å². The van der Waals surface area contributed by atoms with Gasteiger partial charge in [0, 0.05) is 6.04 Å². The first-order chi connectivity index (χ1) is 15.2. The Labute approximate surface area is 179 Å². The molecule has 1 aliphatic carbocycles. The first kappa shape index (κ1) is 18.2. The number of aromatic nitrogens is 5. The molecule has 1 fully saturated rings. The zero-order valence-corrected chi connectivity index (χ0v) is 17.4. The first-order valence-electron chi connectivity index (χ1n) is 10.9. The van der Waals surface area contributed by atoms with Crippen molar-refractivity contribution in [2.75, 3.05) is 0 Å². The second-order valence-electron chi connectivity index (χ2n) is 8.44. The molecule has 1 unspecified atom stereocenters. The van der Waals surface area contributed by atoms with E-state index in [0.717, 1.165) is 42.3 Å². The van der Waals surface area contributed by atoms with Crippen molar-refractivity contribution in [3.05, 3.63) is 76.8 Å². The summed E-state index contributed by atoms with van der Waals surface area (Å²) in [7, 11) is 0. The number of hydrogen-bond donors (Lipinski definition) is 0. The molecule has 2 aromatic carbocycles. The van der Waals surface area contributed by atoms with E-state index < -0.39 is 0 Å². The first-order valence-corrected chi connectivity index (χ1v) is 10.9. The van der Waals surface area contributed by atoms with Crippen LogP contribution in [-0.2, 0) is 0 Å². The zero-order valence-electron chi connectivity index (χ0n) is 17.4. The van der Waals surface area contributed by atoms with Crippen LogP contribution in [0, 0.1) is 0 Å². The highest BCUT2D eigenvalue weighted by molar-refractivity contribution is 6.04. The van der Waals surface area contributed by atoms with Gasteiger partial charge in [0.05, 0.1) is 17.1 Å². The molecule has 0 N–H and O–H groups in total. The second kappa shape index (κ2) is 7.01.